The van der Waals surface area contributed by atoms with Gasteiger partial charge >= 0.3 is 5.97 Å². The zero-order valence-corrected chi connectivity index (χ0v) is 20.3. The lowest BCUT2D eigenvalue weighted by atomic mass is 9.86. The molecular weight excluding hydrogens is 426 g/mol. The second kappa shape index (κ2) is 12.8. The molecule has 0 aromatic heterocycles. The first-order valence-electron chi connectivity index (χ1n) is 12.3. The Labute approximate surface area is 203 Å². The van der Waals surface area contributed by atoms with Gasteiger partial charge in [0.2, 0.25) is 0 Å². The number of nitrogens with zero attached hydrogens (tertiary/aromatic N) is 1. The molecule has 5 nitrogen and oxygen atoms in total. The highest BCUT2D eigenvalue weighted by Crippen LogP contribution is 2.25. The molecule has 0 bridgehead atoms. The second-order valence-electron chi connectivity index (χ2n) is 9.16. The van der Waals surface area contributed by atoms with Crippen molar-refractivity contribution in [3.05, 3.63) is 65.2 Å². The average molecular weight is 462 g/mol. The number of amides is 1. The van der Waals surface area contributed by atoms with Gasteiger partial charge in [-0.15, -0.1) is 0 Å². The number of carboxylic acid groups (broad SMARTS) is 1. The summed E-state index contributed by atoms with van der Waals surface area (Å²) in [6, 6.07) is 15.4. The molecule has 1 fully saturated rings. The van der Waals surface area contributed by atoms with Crippen LogP contribution in [-0.4, -0.2) is 34.5 Å². The Hall–Kier alpha value is -3.26. The summed E-state index contributed by atoms with van der Waals surface area (Å²) in [6.45, 7) is 5.01. The van der Waals surface area contributed by atoms with Gasteiger partial charge in [0.05, 0.1) is 6.61 Å². The number of hydrogen-bond donors (Lipinski definition) is 1. The molecule has 180 valence electrons. The Morgan fingerprint density at radius 3 is 2.44 bits per heavy atom. The Bertz CT molecular complexity index is 1010. The molecule has 2 aromatic carbocycles. The van der Waals surface area contributed by atoms with Gasteiger partial charge in [-0.2, -0.15) is 0 Å². The van der Waals surface area contributed by atoms with Crippen molar-refractivity contribution in [2.75, 3.05) is 6.61 Å². The van der Waals surface area contributed by atoms with Gasteiger partial charge in [-0.1, -0.05) is 36.5 Å². The summed E-state index contributed by atoms with van der Waals surface area (Å²) in [6.07, 6.45) is 6.12. The highest BCUT2D eigenvalue weighted by molar-refractivity contribution is 5.94. The fourth-order valence-corrected chi connectivity index (χ4v) is 3.78. The minimum Gasteiger partial charge on any atom is -0.493 e. The summed E-state index contributed by atoms with van der Waals surface area (Å²) in [4.78, 5) is 25.8. The van der Waals surface area contributed by atoms with Gasteiger partial charge in [-0.25, -0.2) is 0 Å². The van der Waals surface area contributed by atoms with Gasteiger partial charge < -0.3 is 14.7 Å². The standard InChI is InChI=1S/C29H35NO4/c1-22(2)30(29(33)25-18-16-24(17-19-25)15-14-23-9-8-10-23)21-26-11-5-6-12-27(26)34-20-7-3-4-13-28(31)32/h5-6,11-12,16-19,22-23H,3-4,7-10,13,20-21H2,1-2H3,(H,31,32). The first-order chi connectivity index (χ1) is 16.4. The largest absolute Gasteiger partial charge is 0.493 e. The van der Waals surface area contributed by atoms with E-state index in [1.54, 1.807) is 0 Å². The number of benzene rings is 2. The quantitative estimate of drug-likeness (QED) is 0.334. The van der Waals surface area contributed by atoms with E-state index in [-0.39, 0.29) is 18.4 Å². The summed E-state index contributed by atoms with van der Waals surface area (Å²) in [5.74, 6) is 7.06. The van der Waals surface area contributed by atoms with E-state index in [2.05, 4.69) is 11.8 Å². The Morgan fingerprint density at radius 1 is 1.06 bits per heavy atom. The van der Waals surface area contributed by atoms with Gasteiger partial charge in [-0.05, 0) is 76.3 Å². The molecule has 0 radical (unpaired) electrons. The van der Waals surface area contributed by atoms with Gasteiger partial charge in [-0.3, -0.25) is 9.59 Å². The van der Waals surface area contributed by atoms with Crippen LogP contribution in [0.4, 0.5) is 0 Å². The number of aliphatic carboxylic acids is 1. The third-order valence-corrected chi connectivity index (χ3v) is 6.15. The van der Waals surface area contributed by atoms with Crippen LogP contribution < -0.4 is 4.74 Å². The number of unbranched alkanes of at least 4 members (excludes halogenated alkanes) is 2. The van der Waals surface area contributed by atoms with Crippen LogP contribution in [0.25, 0.3) is 0 Å². The van der Waals surface area contributed by atoms with Crippen LogP contribution in [0.5, 0.6) is 5.75 Å². The minimum absolute atomic E-state index is 0.0167. The van der Waals surface area contributed by atoms with Crippen molar-refractivity contribution < 1.29 is 19.4 Å². The number of ether oxygens (including phenoxy) is 1. The molecule has 0 heterocycles. The summed E-state index contributed by atoms with van der Waals surface area (Å²) in [7, 11) is 0. The molecule has 34 heavy (non-hydrogen) atoms. The first kappa shape index (κ1) is 25.4. The van der Waals surface area contributed by atoms with E-state index in [9.17, 15) is 9.59 Å². The van der Waals surface area contributed by atoms with E-state index in [1.165, 1.54) is 19.3 Å². The monoisotopic (exact) mass is 461 g/mol. The molecule has 1 N–H and O–H groups in total. The Balaban J connectivity index is 1.61. The molecule has 1 saturated carbocycles. The van der Waals surface area contributed by atoms with Crippen molar-refractivity contribution in [2.45, 2.75) is 71.4 Å². The molecule has 5 heteroatoms. The third-order valence-electron chi connectivity index (χ3n) is 6.15. The van der Waals surface area contributed by atoms with Crippen LogP contribution in [-0.2, 0) is 11.3 Å². The van der Waals surface area contributed by atoms with Gasteiger partial charge in [0.25, 0.3) is 5.91 Å². The van der Waals surface area contributed by atoms with Gasteiger partial charge in [0.15, 0.2) is 0 Å². The topological polar surface area (TPSA) is 66.8 Å². The molecule has 0 atom stereocenters. The third kappa shape index (κ3) is 7.66. The number of carbonyl (C=O) groups is 2. The highest BCUT2D eigenvalue weighted by Gasteiger charge is 2.21. The first-order valence-corrected chi connectivity index (χ1v) is 12.3. The molecule has 1 aliphatic carbocycles. The molecular formula is C29H35NO4. The fraction of sp³-hybridized carbons (Fsp3) is 0.448. The van der Waals surface area contributed by atoms with Crippen LogP contribution in [0.15, 0.2) is 48.5 Å². The van der Waals surface area contributed by atoms with Crippen LogP contribution in [0.1, 0.15) is 80.3 Å². The van der Waals surface area contributed by atoms with E-state index in [1.807, 2.05) is 67.3 Å². The molecule has 3 rings (SSSR count). The van der Waals surface area contributed by atoms with Gasteiger partial charge in [0.1, 0.15) is 5.75 Å². The van der Waals surface area contributed by atoms with E-state index >= 15 is 0 Å². The predicted octanol–water partition coefficient (Wildman–Crippen LogP) is 5.91. The molecule has 1 aliphatic rings. The number of carbonyl (C=O) groups excluding carboxylic acids is 1. The number of carboxylic acids is 1. The fourth-order valence-electron chi connectivity index (χ4n) is 3.78. The lowest BCUT2D eigenvalue weighted by Crippen LogP contribution is -2.36. The Morgan fingerprint density at radius 2 is 1.79 bits per heavy atom. The van der Waals surface area contributed by atoms with Crippen LogP contribution in [0.3, 0.4) is 0 Å². The van der Waals surface area contributed by atoms with Crippen molar-refractivity contribution in [1.82, 2.24) is 4.90 Å². The van der Waals surface area contributed by atoms with E-state index in [0.29, 0.717) is 31.1 Å². The molecule has 0 spiro atoms. The maximum absolute atomic E-state index is 13.3. The molecule has 0 aliphatic heterocycles. The van der Waals surface area contributed by atoms with Crippen molar-refractivity contribution in [3.8, 4) is 17.6 Å². The molecule has 2 aromatic rings. The maximum Gasteiger partial charge on any atom is 0.303 e. The van der Waals surface area contributed by atoms with Crippen molar-refractivity contribution >= 4 is 11.9 Å². The van der Waals surface area contributed by atoms with Gasteiger partial charge in [0, 0.05) is 41.6 Å². The van der Waals surface area contributed by atoms with Crippen LogP contribution >= 0.6 is 0 Å². The summed E-state index contributed by atoms with van der Waals surface area (Å²) < 4.78 is 5.99. The zero-order chi connectivity index (χ0) is 24.3. The molecule has 1 amide bonds. The van der Waals surface area contributed by atoms with Crippen molar-refractivity contribution in [1.29, 1.82) is 0 Å². The number of hydrogen-bond acceptors (Lipinski definition) is 3. The highest BCUT2D eigenvalue weighted by atomic mass is 16.5. The van der Waals surface area contributed by atoms with E-state index in [0.717, 1.165) is 29.7 Å². The van der Waals surface area contributed by atoms with Crippen molar-refractivity contribution in [3.63, 3.8) is 0 Å². The summed E-state index contributed by atoms with van der Waals surface area (Å²) in [5.41, 5.74) is 2.56. The summed E-state index contributed by atoms with van der Waals surface area (Å²) >= 11 is 0. The average Bonchev–Trinajstić information content (AvgIpc) is 2.79. The second-order valence-corrected chi connectivity index (χ2v) is 9.16. The van der Waals surface area contributed by atoms with Crippen LogP contribution in [0, 0.1) is 17.8 Å². The lowest BCUT2D eigenvalue weighted by molar-refractivity contribution is -0.137. The smallest absolute Gasteiger partial charge is 0.303 e. The zero-order valence-electron chi connectivity index (χ0n) is 20.3. The van der Waals surface area contributed by atoms with Crippen LogP contribution in [0.2, 0.25) is 0 Å². The number of para-hydroxylation sites is 1. The van der Waals surface area contributed by atoms with E-state index in [4.69, 9.17) is 9.84 Å². The normalized spacial score (nSPS) is 13.0. The van der Waals surface area contributed by atoms with E-state index < -0.39 is 5.97 Å². The molecule has 0 unspecified atom stereocenters. The predicted molar refractivity (Wildman–Crippen MR) is 134 cm³/mol. The lowest BCUT2D eigenvalue weighted by Gasteiger charge is -2.28. The van der Waals surface area contributed by atoms with Crippen molar-refractivity contribution in [2.24, 2.45) is 5.92 Å². The molecule has 0 saturated heterocycles. The SMILES string of the molecule is CC(C)N(Cc1ccccc1OCCCCCC(=O)O)C(=O)c1ccc(C#CC2CCC2)cc1. The minimum atomic E-state index is -0.763. The summed E-state index contributed by atoms with van der Waals surface area (Å²) in [5, 5.41) is 8.74. The Kier molecular flexibility index (Phi) is 9.58. The maximum atomic E-state index is 13.3. The number of rotatable bonds is 11.